The normalized spacial score (nSPS) is 27.4. The first-order chi connectivity index (χ1) is 9.25. The summed E-state index contributed by atoms with van der Waals surface area (Å²) in [7, 11) is 0. The second-order valence-electron chi connectivity index (χ2n) is 4.54. The van der Waals surface area contributed by atoms with Crippen LogP contribution in [0.5, 0.6) is 0 Å². The quantitative estimate of drug-likeness (QED) is 0.826. The molecule has 6 heteroatoms. The van der Waals surface area contributed by atoms with E-state index in [9.17, 15) is 9.18 Å². The van der Waals surface area contributed by atoms with Crippen molar-refractivity contribution >= 4 is 11.8 Å². The Kier molecular flexibility index (Phi) is 3.35. The molecule has 2 heterocycles. The third-order valence-electron chi connectivity index (χ3n) is 3.29. The molecule has 0 spiro atoms. The number of alkyl halides is 1. The Hall–Kier alpha value is -1.66. The summed E-state index contributed by atoms with van der Waals surface area (Å²) in [6, 6.07) is 7.13. The third-order valence-corrected chi connectivity index (χ3v) is 3.29. The van der Waals surface area contributed by atoms with Gasteiger partial charge in [0.15, 0.2) is 0 Å². The van der Waals surface area contributed by atoms with Crippen LogP contribution in [0.3, 0.4) is 0 Å². The number of morpholine rings is 1. The van der Waals surface area contributed by atoms with Crippen molar-refractivity contribution in [2.45, 2.75) is 12.4 Å². The lowest BCUT2D eigenvalue weighted by atomic mass is 10.1. The number of carbonyl (C=O) groups is 1. The Labute approximate surface area is 110 Å². The third kappa shape index (κ3) is 2.41. The molecular formula is C13H15FN2O3. The minimum atomic E-state index is -1.41. The molecule has 102 valence electrons. The highest BCUT2D eigenvalue weighted by atomic mass is 19.1. The maximum Gasteiger partial charge on any atom is 0.416 e. The lowest BCUT2D eigenvalue weighted by Gasteiger charge is -2.24. The van der Waals surface area contributed by atoms with Crippen LogP contribution in [0.25, 0.3) is 0 Å². The lowest BCUT2D eigenvalue weighted by Crippen LogP contribution is -2.33. The van der Waals surface area contributed by atoms with Gasteiger partial charge in [0.2, 0.25) is 6.30 Å². The first kappa shape index (κ1) is 12.4. The van der Waals surface area contributed by atoms with Gasteiger partial charge in [-0.3, -0.25) is 0 Å². The maximum atomic E-state index is 13.5. The molecule has 2 unspecified atom stereocenters. The molecule has 0 bridgehead atoms. The molecule has 1 N–H and O–H groups in total. The summed E-state index contributed by atoms with van der Waals surface area (Å²) < 4.78 is 23.8. The number of benzene rings is 1. The molecule has 2 aliphatic rings. The van der Waals surface area contributed by atoms with E-state index in [1.807, 2.05) is 12.1 Å². The standard InChI is InChI=1S/C13H15FN2O3/c14-12-8-19-13(17)16(12)10-3-1-9(2-4-10)11-7-15-5-6-18-11/h1-4,11-12,15H,5-8H2. The van der Waals surface area contributed by atoms with E-state index in [-0.39, 0.29) is 12.7 Å². The number of amides is 1. The van der Waals surface area contributed by atoms with Gasteiger partial charge in [-0.15, -0.1) is 0 Å². The molecular weight excluding hydrogens is 251 g/mol. The molecule has 0 aliphatic carbocycles. The van der Waals surface area contributed by atoms with Crippen LogP contribution < -0.4 is 10.2 Å². The first-order valence-corrected chi connectivity index (χ1v) is 6.28. The fraction of sp³-hybridized carbons (Fsp3) is 0.462. The second kappa shape index (κ2) is 5.14. The van der Waals surface area contributed by atoms with Gasteiger partial charge in [-0.2, -0.15) is 0 Å². The van der Waals surface area contributed by atoms with E-state index in [4.69, 9.17) is 4.74 Å². The minimum Gasteiger partial charge on any atom is -0.444 e. The average molecular weight is 266 g/mol. The van der Waals surface area contributed by atoms with E-state index in [1.165, 1.54) is 0 Å². The number of anilines is 1. The van der Waals surface area contributed by atoms with Crippen molar-refractivity contribution in [3.05, 3.63) is 29.8 Å². The molecule has 0 aromatic heterocycles. The van der Waals surface area contributed by atoms with Crippen LogP contribution in [-0.4, -0.2) is 38.7 Å². The number of carbonyl (C=O) groups excluding carboxylic acids is 1. The van der Waals surface area contributed by atoms with Gasteiger partial charge >= 0.3 is 6.09 Å². The average Bonchev–Trinajstić information content (AvgIpc) is 2.79. The molecule has 2 aliphatic heterocycles. The second-order valence-corrected chi connectivity index (χ2v) is 4.54. The number of hydrogen-bond acceptors (Lipinski definition) is 4. The largest absolute Gasteiger partial charge is 0.444 e. The van der Waals surface area contributed by atoms with Crippen molar-refractivity contribution in [1.29, 1.82) is 0 Å². The van der Waals surface area contributed by atoms with Gasteiger partial charge in [-0.1, -0.05) is 12.1 Å². The topological polar surface area (TPSA) is 50.8 Å². The Bertz CT molecular complexity index is 459. The Balaban J connectivity index is 1.76. The molecule has 3 rings (SSSR count). The van der Waals surface area contributed by atoms with Crippen molar-refractivity contribution in [3.8, 4) is 0 Å². The summed E-state index contributed by atoms with van der Waals surface area (Å²) in [6.07, 6.45) is -2.05. The van der Waals surface area contributed by atoms with Crippen LogP contribution in [0.15, 0.2) is 24.3 Å². The Morgan fingerprint density at radius 3 is 2.68 bits per heavy atom. The lowest BCUT2D eigenvalue weighted by molar-refractivity contribution is 0.0277. The minimum absolute atomic E-state index is 0.00880. The van der Waals surface area contributed by atoms with E-state index >= 15 is 0 Å². The molecule has 0 saturated carbocycles. The summed E-state index contributed by atoms with van der Waals surface area (Å²) in [4.78, 5) is 12.4. The molecule has 0 radical (unpaired) electrons. The summed E-state index contributed by atoms with van der Waals surface area (Å²) in [5.74, 6) is 0. The fourth-order valence-corrected chi connectivity index (χ4v) is 2.29. The van der Waals surface area contributed by atoms with Gasteiger partial charge < -0.3 is 14.8 Å². The predicted molar refractivity (Wildman–Crippen MR) is 66.7 cm³/mol. The van der Waals surface area contributed by atoms with Crippen molar-refractivity contribution in [2.24, 2.45) is 0 Å². The summed E-state index contributed by atoms with van der Waals surface area (Å²) in [5, 5.41) is 3.25. The smallest absolute Gasteiger partial charge is 0.416 e. The van der Waals surface area contributed by atoms with Crippen LogP contribution in [0.2, 0.25) is 0 Å². The predicted octanol–water partition coefficient (Wildman–Crippen LogP) is 1.60. The van der Waals surface area contributed by atoms with Crippen LogP contribution >= 0.6 is 0 Å². The zero-order chi connectivity index (χ0) is 13.2. The molecule has 2 saturated heterocycles. The van der Waals surface area contributed by atoms with Crippen molar-refractivity contribution in [3.63, 3.8) is 0 Å². The molecule has 2 fully saturated rings. The monoisotopic (exact) mass is 266 g/mol. The summed E-state index contributed by atoms with van der Waals surface area (Å²) >= 11 is 0. The van der Waals surface area contributed by atoms with Crippen molar-refractivity contribution in [1.82, 2.24) is 5.32 Å². The highest BCUT2D eigenvalue weighted by molar-refractivity contribution is 5.89. The molecule has 1 amide bonds. The van der Waals surface area contributed by atoms with Crippen LogP contribution in [-0.2, 0) is 9.47 Å². The number of halogens is 1. The van der Waals surface area contributed by atoms with E-state index in [0.717, 1.165) is 23.6 Å². The molecule has 5 nitrogen and oxygen atoms in total. The van der Waals surface area contributed by atoms with E-state index in [1.54, 1.807) is 12.1 Å². The van der Waals surface area contributed by atoms with E-state index in [2.05, 4.69) is 10.1 Å². The first-order valence-electron chi connectivity index (χ1n) is 6.28. The fourth-order valence-electron chi connectivity index (χ4n) is 2.29. The van der Waals surface area contributed by atoms with Crippen LogP contribution in [0, 0.1) is 0 Å². The number of ether oxygens (including phenoxy) is 2. The van der Waals surface area contributed by atoms with Crippen LogP contribution in [0.4, 0.5) is 14.9 Å². The van der Waals surface area contributed by atoms with Gasteiger partial charge in [-0.25, -0.2) is 14.1 Å². The molecule has 1 aromatic rings. The van der Waals surface area contributed by atoms with Gasteiger partial charge in [0.05, 0.1) is 18.4 Å². The van der Waals surface area contributed by atoms with Gasteiger partial charge in [-0.05, 0) is 17.7 Å². The molecule has 1 aromatic carbocycles. The number of cyclic esters (lactones) is 1. The number of hydrogen-bond donors (Lipinski definition) is 1. The molecule has 19 heavy (non-hydrogen) atoms. The Morgan fingerprint density at radius 2 is 2.11 bits per heavy atom. The van der Waals surface area contributed by atoms with Gasteiger partial charge in [0.1, 0.15) is 6.61 Å². The Morgan fingerprint density at radius 1 is 1.32 bits per heavy atom. The van der Waals surface area contributed by atoms with Crippen LogP contribution in [0.1, 0.15) is 11.7 Å². The number of nitrogens with zero attached hydrogens (tertiary/aromatic N) is 1. The van der Waals surface area contributed by atoms with Crippen molar-refractivity contribution < 1.29 is 18.7 Å². The van der Waals surface area contributed by atoms with Crippen molar-refractivity contribution in [2.75, 3.05) is 31.2 Å². The maximum absolute atomic E-state index is 13.5. The summed E-state index contributed by atoms with van der Waals surface area (Å²) in [5.41, 5.74) is 1.52. The highest BCUT2D eigenvalue weighted by Crippen LogP contribution is 2.26. The summed E-state index contributed by atoms with van der Waals surface area (Å²) in [6.45, 7) is 2.09. The molecule has 2 atom stereocenters. The zero-order valence-corrected chi connectivity index (χ0v) is 10.3. The van der Waals surface area contributed by atoms with Gasteiger partial charge in [0.25, 0.3) is 0 Å². The van der Waals surface area contributed by atoms with E-state index < -0.39 is 12.4 Å². The van der Waals surface area contributed by atoms with E-state index in [0.29, 0.717) is 12.3 Å². The SMILES string of the molecule is O=C1OCC(F)N1c1ccc(C2CNCCO2)cc1. The zero-order valence-electron chi connectivity index (χ0n) is 10.3. The number of nitrogens with one attached hydrogen (secondary N) is 1. The highest BCUT2D eigenvalue weighted by Gasteiger charge is 2.34. The van der Waals surface area contributed by atoms with Gasteiger partial charge in [0, 0.05) is 13.1 Å². The number of rotatable bonds is 2.